The molecule has 0 saturated carbocycles. The zero-order chi connectivity index (χ0) is 16.4. The van der Waals surface area contributed by atoms with E-state index in [1.807, 2.05) is 0 Å². The molecular weight excluding hydrogens is 307 g/mol. The molecule has 0 saturated heterocycles. The number of rotatable bonds is 4. The Hall–Kier alpha value is -2.60. The van der Waals surface area contributed by atoms with Crippen molar-refractivity contribution >= 4 is 10.9 Å². The van der Waals surface area contributed by atoms with Crippen LogP contribution in [-0.2, 0) is 13.2 Å². The average Bonchev–Trinajstić information content (AvgIpc) is 2.57. The van der Waals surface area contributed by atoms with Crippen LogP contribution in [0.4, 0.5) is 13.2 Å². The lowest BCUT2D eigenvalue weighted by atomic mass is 10.1. The van der Waals surface area contributed by atoms with Crippen molar-refractivity contribution in [1.82, 2.24) is 4.98 Å². The van der Waals surface area contributed by atoms with Crippen molar-refractivity contribution < 1.29 is 23.0 Å². The molecule has 3 aromatic rings. The first kappa shape index (κ1) is 15.3. The molecule has 6 heteroatoms. The van der Waals surface area contributed by atoms with Crippen LogP contribution in [0.1, 0.15) is 11.1 Å². The predicted molar refractivity (Wildman–Crippen MR) is 78.3 cm³/mol. The van der Waals surface area contributed by atoms with E-state index >= 15 is 0 Å². The second kappa shape index (κ2) is 6.26. The quantitative estimate of drug-likeness (QED) is 0.745. The summed E-state index contributed by atoms with van der Waals surface area (Å²) in [5.41, 5.74) is 1.55. The summed E-state index contributed by atoms with van der Waals surface area (Å²) in [5.74, 6) is -3.53. The zero-order valence-electron chi connectivity index (χ0n) is 11.9. The summed E-state index contributed by atoms with van der Waals surface area (Å²) in [6, 6.07) is 8.71. The van der Waals surface area contributed by atoms with Gasteiger partial charge in [0.2, 0.25) is 0 Å². The summed E-state index contributed by atoms with van der Waals surface area (Å²) in [7, 11) is 0. The topological polar surface area (TPSA) is 42.4 Å². The number of hydrogen-bond donors (Lipinski definition) is 1. The molecule has 0 aliphatic heterocycles. The van der Waals surface area contributed by atoms with Gasteiger partial charge in [-0.15, -0.1) is 0 Å². The van der Waals surface area contributed by atoms with Crippen molar-refractivity contribution in [1.29, 1.82) is 0 Å². The van der Waals surface area contributed by atoms with Crippen molar-refractivity contribution in [2.24, 2.45) is 0 Å². The lowest BCUT2D eigenvalue weighted by Crippen LogP contribution is -2.00. The van der Waals surface area contributed by atoms with Gasteiger partial charge in [-0.2, -0.15) is 0 Å². The summed E-state index contributed by atoms with van der Waals surface area (Å²) >= 11 is 0. The molecule has 3 nitrogen and oxygen atoms in total. The summed E-state index contributed by atoms with van der Waals surface area (Å²) in [6.07, 6.45) is 1.55. The summed E-state index contributed by atoms with van der Waals surface area (Å²) in [4.78, 5) is 4.20. The maximum Gasteiger partial charge on any atom is 0.194 e. The molecule has 1 heterocycles. The predicted octanol–water partition coefficient (Wildman–Crippen LogP) is 3.72. The first-order valence-corrected chi connectivity index (χ1v) is 6.82. The first-order chi connectivity index (χ1) is 11.1. The average molecular weight is 319 g/mol. The van der Waals surface area contributed by atoms with E-state index < -0.39 is 17.5 Å². The van der Waals surface area contributed by atoms with Crippen molar-refractivity contribution in [3.63, 3.8) is 0 Å². The van der Waals surface area contributed by atoms with Gasteiger partial charge < -0.3 is 9.84 Å². The first-order valence-electron chi connectivity index (χ1n) is 6.82. The van der Waals surface area contributed by atoms with Gasteiger partial charge in [-0.05, 0) is 41.5 Å². The van der Waals surface area contributed by atoms with Gasteiger partial charge in [0.1, 0.15) is 12.4 Å². The monoisotopic (exact) mass is 319 g/mol. The Morgan fingerprint density at radius 2 is 1.70 bits per heavy atom. The zero-order valence-corrected chi connectivity index (χ0v) is 11.9. The summed E-state index contributed by atoms with van der Waals surface area (Å²) in [5, 5.41) is 9.91. The van der Waals surface area contributed by atoms with Crippen LogP contribution in [0.15, 0.2) is 42.6 Å². The van der Waals surface area contributed by atoms with Gasteiger partial charge in [-0.1, -0.05) is 0 Å². The van der Waals surface area contributed by atoms with Gasteiger partial charge in [0, 0.05) is 17.6 Å². The van der Waals surface area contributed by atoms with E-state index in [1.165, 1.54) is 0 Å². The van der Waals surface area contributed by atoms with Gasteiger partial charge in [-0.25, -0.2) is 13.2 Å². The van der Waals surface area contributed by atoms with E-state index in [9.17, 15) is 13.2 Å². The molecule has 0 spiro atoms. The van der Waals surface area contributed by atoms with E-state index in [1.54, 1.807) is 30.5 Å². The minimum Gasteiger partial charge on any atom is -0.489 e. The summed E-state index contributed by atoms with van der Waals surface area (Å²) in [6.45, 7) is -0.197. The Kier molecular flexibility index (Phi) is 4.16. The molecule has 3 rings (SSSR count). The number of fused-ring (bicyclic) bond motifs is 1. The fourth-order valence-corrected chi connectivity index (χ4v) is 2.18. The normalized spacial score (nSPS) is 11.0. The fourth-order valence-electron chi connectivity index (χ4n) is 2.18. The molecular formula is C17H12F3NO2. The molecule has 0 amide bonds. The third-order valence-corrected chi connectivity index (χ3v) is 3.34. The summed E-state index contributed by atoms with van der Waals surface area (Å²) < 4.78 is 44.6. The standard InChI is InChI=1S/C17H12F3NO2/c18-14-4-10(5-15(19)17(14)20)9-23-13-2-1-12-3-11(8-22)7-21-16(12)6-13/h1-7,22H,8-9H2. The molecule has 2 aromatic carbocycles. The lowest BCUT2D eigenvalue weighted by Gasteiger charge is -2.08. The number of nitrogens with zero attached hydrogens (tertiary/aromatic N) is 1. The highest BCUT2D eigenvalue weighted by atomic mass is 19.2. The Bertz CT molecular complexity index is 845. The Morgan fingerprint density at radius 1 is 0.957 bits per heavy atom. The van der Waals surface area contributed by atoms with E-state index in [0.29, 0.717) is 16.8 Å². The number of pyridine rings is 1. The van der Waals surface area contributed by atoms with Crippen LogP contribution in [0.3, 0.4) is 0 Å². The highest BCUT2D eigenvalue weighted by Crippen LogP contribution is 2.22. The number of aliphatic hydroxyl groups is 1. The van der Waals surface area contributed by atoms with Crippen molar-refractivity contribution in [2.45, 2.75) is 13.2 Å². The van der Waals surface area contributed by atoms with Gasteiger partial charge in [0.25, 0.3) is 0 Å². The molecule has 1 aromatic heterocycles. The number of benzene rings is 2. The number of hydrogen-bond acceptors (Lipinski definition) is 3. The third kappa shape index (κ3) is 3.27. The van der Waals surface area contributed by atoms with Crippen LogP contribution in [0.2, 0.25) is 0 Å². The van der Waals surface area contributed by atoms with E-state index in [4.69, 9.17) is 9.84 Å². The van der Waals surface area contributed by atoms with Crippen molar-refractivity contribution in [2.75, 3.05) is 0 Å². The Balaban J connectivity index is 1.79. The Morgan fingerprint density at radius 3 is 2.39 bits per heavy atom. The molecule has 0 fully saturated rings. The smallest absolute Gasteiger partial charge is 0.194 e. The molecule has 0 aliphatic carbocycles. The molecule has 0 aliphatic rings. The minimum absolute atomic E-state index is 0.0944. The van der Waals surface area contributed by atoms with Crippen LogP contribution in [0.5, 0.6) is 5.75 Å². The maximum absolute atomic E-state index is 13.1. The van der Waals surface area contributed by atoms with Gasteiger partial charge in [0.15, 0.2) is 17.5 Å². The maximum atomic E-state index is 13.1. The van der Waals surface area contributed by atoms with Crippen LogP contribution < -0.4 is 4.74 Å². The molecule has 118 valence electrons. The number of aromatic nitrogens is 1. The highest BCUT2D eigenvalue weighted by molar-refractivity contribution is 5.80. The fraction of sp³-hybridized carbons (Fsp3) is 0.118. The largest absolute Gasteiger partial charge is 0.489 e. The van der Waals surface area contributed by atoms with E-state index in [-0.39, 0.29) is 18.8 Å². The molecule has 23 heavy (non-hydrogen) atoms. The second-order valence-corrected chi connectivity index (χ2v) is 5.02. The lowest BCUT2D eigenvalue weighted by molar-refractivity contribution is 0.281. The van der Waals surface area contributed by atoms with Crippen LogP contribution in [0, 0.1) is 17.5 Å². The van der Waals surface area contributed by atoms with E-state index in [2.05, 4.69) is 4.98 Å². The van der Waals surface area contributed by atoms with Crippen LogP contribution >= 0.6 is 0 Å². The SMILES string of the molecule is OCc1cnc2cc(OCc3cc(F)c(F)c(F)c3)ccc2c1. The van der Waals surface area contributed by atoms with Crippen molar-refractivity contribution in [3.05, 3.63) is 71.2 Å². The van der Waals surface area contributed by atoms with Gasteiger partial charge >= 0.3 is 0 Å². The van der Waals surface area contributed by atoms with Gasteiger partial charge in [0.05, 0.1) is 12.1 Å². The number of aliphatic hydroxyl groups excluding tert-OH is 1. The second-order valence-electron chi connectivity index (χ2n) is 5.02. The van der Waals surface area contributed by atoms with Crippen LogP contribution in [-0.4, -0.2) is 10.1 Å². The van der Waals surface area contributed by atoms with Crippen molar-refractivity contribution in [3.8, 4) is 5.75 Å². The minimum atomic E-state index is -1.50. The number of halogens is 3. The Labute approximate surface area is 130 Å². The highest BCUT2D eigenvalue weighted by Gasteiger charge is 2.11. The molecule has 0 unspecified atom stereocenters. The number of ether oxygens (including phenoxy) is 1. The van der Waals surface area contributed by atoms with E-state index in [0.717, 1.165) is 17.5 Å². The van der Waals surface area contributed by atoms with Crippen LogP contribution in [0.25, 0.3) is 10.9 Å². The van der Waals surface area contributed by atoms with Gasteiger partial charge in [-0.3, -0.25) is 4.98 Å². The molecule has 1 N–H and O–H groups in total. The molecule has 0 bridgehead atoms. The molecule has 0 atom stereocenters. The third-order valence-electron chi connectivity index (χ3n) is 3.34. The molecule has 0 radical (unpaired) electrons.